The Balaban J connectivity index is 1.24. The van der Waals surface area contributed by atoms with Gasteiger partial charge in [0.25, 0.3) is 0 Å². The van der Waals surface area contributed by atoms with Crippen LogP contribution in [-0.4, -0.2) is 43.0 Å². The second-order valence-electron chi connectivity index (χ2n) is 11.5. The molecule has 3 aromatic heterocycles. The number of rotatable bonds is 10. The van der Waals surface area contributed by atoms with Crippen molar-refractivity contribution in [3.8, 4) is 0 Å². The monoisotopic (exact) mass is 544 g/mol. The summed E-state index contributed by atoms with van der Waals surface area (Å²) in [6.45, 7) is 6.36. The van der Waals surface area contributed by atoms with Gasteiger partial charge in [0.2, 0.25) is 0 Å². The van der Waals surface area contributed by atoms with Crippen LogP contribution in [0.1, 0.15) is 82.9 Å². The largest absolute Gasteiger partial charge is 0.446 e. The fraction of sp³-hybridized carbons (Fsp3) is 0.484. The Morgan fingerprint density at radius 1 is 1.20 bits per heavy atom. The van der Waals surface area contributed by atoms with E-state index in [0.717, 1.165) is 72.6 Å². The van der Waals surface area contributed by atoms with E-state index in [1.54, 1.807) is 6.07 Å². The van der Waals surface area contributed by atoms with Crippen LogP contribution in [0.5, 0.6) is 0 Å². The third-order valence-corrected chi connectivity index (χ3v) is 8.42. The lowest BCUT2D eigenvalue weighted by molar-refractivity contribution is 0.0600. The van der Waals surface area contributed by atoms with Gasteiger partial charge in [0, 0.05) is 17.0 Å². The Labute approximate surface area is 235 Å². The zero-order valence-electron chi connectivity index (χ0n) is 23.6. The van der Waals surface area contributed by atoms with Crippen molar-refractivity contribution in [2.45, 2.75) is 90.3 Å². The minimum absolute atomic E-state index is 0.0724. The third-order valence-electron chi connectivity index (χ3n) is 8.42. The van der Waals surface area contributed by atoms with Crippen LogP contribution in [0.15, 0.2) is 48.8 Å². The summed E-state index contributed by atoms with van der Waals surface area (Å²) >= 11 is 0. The Hall–Kier alpha value is -3.72. The molecule has 3 heterocycles. The van der Waals surface area contributed by atoms with Crippen LogP contribution >= 0.6 is 0 Å². The molecule has 1 aromatic carbocycles. The molecule has 9 heteroatoms. The topological polar surface area (TPSA) is 128 Å². The Morgan fingerprint density at radius 2 is 1.98 bits per heavy atom. The van der Waals surface area contributed by atoms with E-state index in [9.17, 15) is 9.90 Å². The van der Waals surface area contributed by atoms with Crippen molar-refractivity contribution in [2.24, 2.45) is 5.41 Å². The van der Waals surface area contributed by atoms with Gasteiger partial charge >= 0.3 is 6.09 Å². The van der Waals surface area contributed by atoms with Crippen LogP contribution in [0.3, 0.4) is 0 Å². The number of pyridine rings is 1. The number of nitrogen functional groups attached to an aromatic ring is 1. The van der Waals surface area contributed by atoms with Gasteiger partial charge in [-0.1, -0.05) is 45.7 Å². The molecule has 4 N–H and O–H groups in total. The van der Waals surface area contributed by atoms with E-state index in [2.05, 4.69) is 59.4 Å². The first kappa shape index (κ1) is 27.8. The van der Waals surface area contributed by atoms with Crippen LogP contribution < -0.4 is 11.1 Å². The van der Waals surface area contributed by atoms with E-state index < -0.39 is 12.2 Å². The van der Waals surface area contributed by atoms with Crippen molar-refractivity contribution in [1.29, 1.82) is 0 Å². The maximum absolute atomic E-state index is 12.5. The summed E-state index contributed by atoms with van der Waals surface area (Å²) in [5.41, 5.74) is 9.63. The summed E-state index contributed by atoms with van der Waals surface area (Å²) in [4.78, 5) is 21.2. The number of benzene rings is 1. The predicted octanol–water partition coefficient (Wildman–Crippen LogP) is 6.25. The average Bonchev–Trinajstić information content (AvgIpc) is 3.49. The lowest BCUT2D eigenvalue weighted by Crippen LogP contribution is -2.26. The SMILES string of the molecule is CCCC(CCC)OC(=O)Nc1ccc2ccc(CC[C@@]3(C)C[C@@H](c4ccc5c(N)ncnn45)C[C@@H]3O)cc2n1. The van der Waals surface area contributed by atoms with Crippen LogP contribution in [0, 0.1) is 5.41 Å². The molecule has 5 rings (SSSR count). The van der Waals surface area contributed by atoms with E-state index in [0.29, 0.717) is 18.1 Å². The first-order valence-electron chi connectivity index (χ1n) is 14.4. The number of ether oxygens (including phenoxy) is 1. The third kappa shape index (κ3) is 5.89. The zero-order valence-corrected chi connectivity index (χ0v) is 23.6. The number of nitrogens with zero attached hydrogens (tertiary/aromatic N) is 4. The van der Waals surface area contributed by atoms with Gasteiger partial charge in [0.15, 0.2) is 5.82 Å². The van der Waals surface area contributed by atoms with E-state index in [1.165, 1.54) is 6.33 Å². The molecule has 1 saturated carbocycles. The fourth-order valence-electron chi connectivity index (χ4n) is 6.12. The van der Waals surface area contributed by atoms with E-state index in [-0.39, 0.29) is 17.4 Å². The lowest BCUT2D eigenvalue weighted by atomic mass is 9.80. The molecule has 4 aromatic rings. The van der Waals surface area contributed by atoms with Gasteiger partial charge in [-0.3, -0.25) is 5.32 Å². The highest BCUT2D eigenvalue weighted by Gasteiger charge is 2.44. The summed E-state index contributed by atoms with van der Waals surface area (Å²) in [7, 11) is 0. The highest BCUT2D eigenvalue weighted by atomic mass is 16.6. The van der Waals surface area contributed by atoms with Gasteiger partial charge < -0.3 is 15.6 Å². The number of hydrogen-bond donors (Lipinski definition) is 3. The van der Waals surface area contributed by atoms with Gasteiger partial charge in [0.1, 0.15) is 23.8 Å². The van der Waals surface area contributed by atoms with Crippen LogP contribution in [0.4, 0.5) is 16.4 Å². The second-order valence-corrected chi connectivity index (χ2v) is 11.5. The molecule has 0 unspecified atom stereocenters. The van der Waals surface area contributed by atoms with Crippen molar-refractivity contribution < 1.29 is 14.6 Å². The van der Waals surface area contributed by atoms with Gasteiger partial charge in [-0.2, -0.15) is 5.10 Å². The first-order chi connectivity index (χ1) is 19.3. The number of fused-ring (bicyclic) bond motifs is 2. The van der Waals surface area contributed by atoms with Crippen molar-refractivity contribution in [2.75, 3.05) is 11.1 Å². The van der Waals surface area contributed by atoms with E-state index in [4.69, 9.17) is 10.5 Å². The molecule has 0 aliphatic heterocycles. The van der Waals surface area contributed by atoms with Crippen molar-refractivity contribution in [3.05, 3.63) is 60.0 Å². The standard InChI is InChI=1S/C31H40N6O3/c1-4-6-23(7-5-2)40-30(39)36-28-13-10-21-9-8-20(16-24(21)35-28)14-15-31(3)18-22(17-27(31)38)25-11-12-26-29(32)33-19-34-37(25)26/h8-13,16,19,22-23,27,38H,4-7,14-15,17-18H2,1-3H3,(H2,32,33,34)(H,35,36,39)/t22-,27-,31-/m0/s1. The van der Waals surface area contributed by atoms with Crippen LogP contribution in [0.2, 0.25) is 0 Å². The average molecular weight is 545 g/mol. The number of anilines is 2. The normalized spacial score (nSPS) is 20.9. The van der Waals surface area contributed by atoms with Gasteiger partial charge in [-0.15, -0.1) is 0 Å². The smallest absolute Gasteiger partial charge is 0.413 e. The maximum Gasteiger partial charge on any atom is 0.413 e. The molecular formula is C31H40N6O3. The number of hydrogen-bond acceptors (Lipinski definition) is 7. The number of carbonyl (C=O) groups is 1. The number of nitrogens with two attached hydrogens (primary N) is 1. The second kappa shape index (κ2) is 11.8. The minimum Gasteiger partial charge on any atom is -0.446 e. The summed E-state index contributed by atoms with van der Waals surface area (Å²) in [6, 6.07) is 14.0. The van der Waals surface area contributed by atoms with E-state index in [1.807, 2.05) is 22.7 Å². The quantitative estimate of drug-likeness (QED) is 0.215. The van der Waals surface area contributed by atoms with Gasteiger partial charge in [-0.25, -0.2) is 19.3 Å². The molecule has 1 amide bonds. The number of aryl methyl sites for hydroxylation is 1. The molecule has 40 heavy (non-hydrogen) atoms. The summed E-state index contributed by atoms with van der Waals surface area (Å²) in [5, 5.41) is 19.3. The van der Waals surface area contributed by atoms with Crippen molar-refractivity contribution in [1.82, 2.24) is 19.6 Å². The van der Waals surface area contributed by atoms with Gasteiger partial charge in [0.05, 0.1) is 11.6 Å². The van der Waals surface area contributed by atoms with E-state index >= 15 is 0 Å². The van der Waals surface area contributed by atoms with Crippen molar-refractivity contribution >= 4 is 34.1 Å². The fourth-order valence-corrected chi connectivity index (χ4v) is 6.12. The molecule has 0 spiro atoms. The molecule has 1 aliphatic carbocycles. The molecular weight excluding hydrogens is 504 g/mol. The summed E-state index contributed by atoms with van der Waals surface area (Å²) in [5.74, 6) is 1.13. The van der Waals surface area contributed by atoms with Crippen molar-refractivity contribution in [3.63, 3.8) is 0 Å². The number of aromatic nitrogens is 4. The molecule has 0 saturated heterocycles. The number of nitrogens with one attached hydrogen (secondary N) is 1. The summed E-state index contributed by atoms with van der Waals surface area (Å²) in [6.07, 6.45) is 7.40. The maximum atomic E-state index is 12.5. The molecule has 3 atom stereocenters. The number of amides is 1. The Morgan fingerprint density at radius 3 is 2.75 bits per heavy atom. The molecule has 1 fully saturated rings. The predicted molar refractivity (Wildman–Crippen MR) is 157 cm³/mol. The number of carbonyl (C=O) groups excluding carboxylic acids is 1. The highest BCUT2D eigenvalue weighted by Crippen LogP contribution is 2.49. The number of aliphatic hydroxyl groups excluding tert-OH is 1. The molecule has 1 aliphatic rings. The van der Waals surface area contributed by atoms with Gasteiger partial charge in [-0.05, 0) is 79.8 Å². The zero-order chi connectivity index (χ0) is 28.3. The Bertz CT molecular complexity index is 1480. The molecule has 0 bridgehead atoms. The molecule has 212 valence electrons. The molecule has 9 nitrogen and oxygen atoms in total. The lowest BCUT2D eigenvalue weighted by Gasteiger charge is -2.28. The van der Waals surface area contributed by atoms with Crippen LogP contribution in [-0.2, 0) is 11.2 Å². The molecule has 0 radical (unpaired) electrons. The summed E-state index contributed by atoms with van der Waals surface area (Å²) < 4.78 is 7.48. The Kier molecular flexibility index (Phi) is 8.21. The first-order valence-corrected chi connectivity index (χ1v) is 14.4. The highest BCUT2D eigenvalue weighted by molar-refractivity contribution is 5.87. The minimum atomic E-state index is -0.461. The number of aliphatic hydroxyl groups is 1. The van der Waals surface area contributed by atoms with Crippen LogP contribution in [0.25, 0.3) is 16.4 Å².